The summed E-state index contributed by atoms with van der Waals surface area (Å²) in [6, 6.07) is 0. The number of nitrogens with zero attached hydrogens (tertiary/aromatic N) is 2. The van der Waals surface area contributed by atoms with Crippen LogP contribution in [0.15, 0.2) is 10.8 Å². The van der Waals surface area contributed by atoms with Gasteiger partial charge in [0.25, 0.3) is 0 Å². The van der Waals surface area contributed by atoms with Crippen molar-refractivity contribution in [3.63, 3.8) is 0 Å². The van der Waals surface area contributed by atoms with Gasteiger partial charge >= 0.3 is 0 Å². The number of rotatable bonds is 4. The molecule has 1 aliphatic carbocycles. The van der Waals surface area contributed by atoms with E-state index >= 15 is 0 Å². The smallest absolute Gasteiger partial charge is 0.112 e. The lowest BCUT2D eigenvalue weighted by Gasteiger charge is -2.13. The molecule has 1 aromatic heterocycles. The van der Waals surface area contributed by atoms with Crippen LogP contribution in [0.4, 0.5) is 0 Å². The van der Waals surface area contributed by atoms with Gasteiger partial charge in [0.05, 0.1) is 6.20 Å². The van der Waals surface area contributed by atoms with Crippen molar-refractivity contribution in [2.45, 2.75) is 44.6 Å². The Labute approximate surface area is 99.2 Å². The second kappa shape index (κ2) is 5.12. The fourth-order valence-corrected chi connectivity index (χ4v) is 2.81. The Balaban J connectivity index is 2.14. The van der Waals surface area contributed by atoms with E-state index in [-0.39, 0.29) is 0 Å². The Morgan fingerprint density at radius 3 is 2.87 bits per heavy atom. The molecule has 2 N–H and O–H groups in total. The van der Waals surface area contributed by atoms with Gasteiger partial charge in [-0.1, -0.05) is 12.8 Å². The van der Waals surface area contributed by atoms with Crippen LogP contribution in [0.3, 0.4) is 0 Å². The lowest BCUT2D eigenvalue weighted by Crippen LogP contribution is -2.11. The minimum Gasteiger partial charge on any atom is -0.330 e. The van der Waals surface area contributed by atoms with E-state index in [1.165, 1.54) is 31.5 Å². The highest BCUT2D eigenvalue weighted by atomic mass is 79.9. The van der Waals surface area contributed by atoms with E-state index in [1.54, 1.807) is 0 Å². The summed E-state index contributed by atoms with van der Waals surface area (Å²) in [5.41, 5.74) is 5.55. The predicted molar refractivity (Wildman–Crippen MR) is 64.8 cm³/mol. The third-order valence-corrected chi connectivity index (χ3v) is 3.78. The Hall–Kier alpha value is -0.350. The summed E-state index contributed by atoms with van der Waals surface area (Å²) in [7, 11) is 0. The molecule has 15 heavy (non-hydrogen) atoms. The lowest BCUT2D eigenvalue weighted by atomic mass is 10.1. The molecule has 84 valence electrons. The zero-order valence-corrected chi connectivity index (χ0v) is 10.5. The highest BCUT2D eigenvalue weighted by Gasteiger charge is 2.22. The molecular formula is C11H18BrN3. The van der Waals surface area contributed by atoms with Gasteiger partial charge in [-0.25, -0.2) is 4.98 Å². The highest BCUT2D eigenvalue weighted by Crippen LogP contribution is 2.34. The molecule has 0 spiro atoms. The van der Waals surface area contributed by atoms with Gasteiger partial charge in [0.1, 0.15) is 10.4 Å². The molecule has 1 heterocycles. The van der Waals surface area contributed by atoms with Crippen molar-refractivity contribution >= 4 is 15.9 Å². The largest absolute Gasteiger partial charge is 0.330 e. The number of aromatic nitrogens is 2. The molecule has 0 saturated heterocycles. The predicted octanol–water partition coefficient (Wildman–Crippen LogP) is 2.65. The van der Waals surface area contributed by atoms with Gasteiger partial charge in [0.2, 0.25) is 0 Å². The maximum absolute atomic E-state index is 5.55. The summed E-state index contributed by atoms with van der Waals surface area (Å²) in [5.74, 6) is 1.93. The van der Waals surface area contributed by atoms with Crippen molar-refractivity contribution in [2.24, 2.45) is 5.73 Å². The molecule has 0 atom stereocenters. The van der Waals surface area contributed by atoms with Crippen LogP contribution < -0.4 is 5.73 Å². The molecule has 0 aromatic carbocycles. The van der Waals surface area contributed by atoms with Gasteiger partial charge in [-0.05, 0) is 41.7 Å². The van der Waals surface area contributed by atoms with Crippen molar-refractivity contribution in [3.8, 4) is 0 Å². The number of halogens is 1. The topological polar surface area (TPSA) is 43.8 Å². The van der Waals surface area contributed by atoms with Crippen molar-refractivity contribution in [1.29, 1.82) is 0 Å². The van der Waals surface area contributed by atoms with Gasteiger partial charge < -0.3 is 10.3 Å². The van der Waals surface area contributed by atoms with Crippen LogP contribution in [0.5, 0.6) is 0 Å². The molecule has 4 heteroatoms. The van der Waals surface area contributed by atoms with Crippen molar-refractivity contribution < 1.29 is 0 Å². The summed E-state index contributed by atoms with van der Waals surface area (Å²) >= 11 is 3.55. The fourth-order valence-electron chi connectivity index (χ4n) is 2.35. The van der Waals surface area contributed by atoms with E-state index in [1.807, 2.05) is 6.20 Å². The van der Waals surface area contributed by atoms with Gasteiger partial charge in [0.15, 0.2) is 0 Å². The Kier molecular flexibility index (Phi) is 3.81. The third-order valence-electron chi connectivity index (χ3n) is 3.14. The SMILES string of the molecule is NCCCn1c(Br)cnc1C1CCCC1. The molecule has 0 aliphatic heterocycles. The molecule has 1 aliphatic rings. The molecule has 2 rings (SSSR count). The molecule has 0 bridgehead atoms. The summed E-state index contributed by atoms with van der Waals surface area (Å²) in [6.07, 6.45) is 8.25. The first kappa shape index (κ1) is 11.1. The minimum atomic E-state index is 0.675. The average Bonchev–Trinajstić information content (AvgIpc) is 2.84. The van der Waals surface area contributed by atoms with Gasteiger partial charge in [-0.2, -0.15) is 0 Å². The molecule has 0 radical (unpaired) electrons. The van der Waals surface area contributed by atoms with E-state index in [0.717, 1.165) is 24.1 Å². The molecule has 3 nitrogen and oxygen atoms in total. The summed E-state index contributed by atoms with van der Waals surface area (Å²) in [4.78, 5) is 4.53. The highest BCUT2D eigenvalue weighted by molar-refractivity contribution is 9.10. The lowest BCUT2D eigenvalue weighted by molar-refractivity contribution is 0.558. The van der Waals surface area contributed by atoms with Crippen LogP contribution in [0.2, 0.25) is 0 Å². The first-order chi connectivity index (χ1) is 7.33. The monoisotopic (exact) mass is 271 g/mol. The van der Waals surface area contributed by atoms with E-state index in [2.05, 4.69) is 25.5 Å². The second-order valence-corrected chi connectivity index (χ2v) is 5.03. The number of imidazole rings is 1. The van der Waals surface area contributed by atoms with Gasteiger partial charge in [-0.3, -0.25) is 0 Å². The Morgan fingerprint density at radius 2 is 2.20 bits per heavy atom. The third kappa shape index (κ3) is 2.42. The van der Waals surface area contributed by atoms with Crippen LogP contribution in [-0.2, 0) is 6.54 Å². The van der Waals surface area contributed by atoms with Crippen LogP contribution in [0, 0.1) is 0 Å². The van der Waals surface area contributed by atoms with E-state index in [9.17, 15) is 0 Å². The van der Waals surface area contributed by atoms with Crippen molar-refractivity contribution in [3.05, 3.63) is 16.6 Å². The maximum Gasteiger partial charge on any atom is 0.112 e. The number of nitrogens with two attached hydrogens (primary N) is 1. The molecule has 1 aromatic rings. The Bertz CT molecular complexity index is 316. The normalized spacial score (nSPS) is 17.5. The van der Waals surface area contributed by atoms with Crippen LogP contribution >= 0.6 is 15.9 Å². The Morgan fingerprint density at radius 1 is 1.47 bits per heavy atom. The zero-order valence-electron chi connectivity index (χ0n) is 8.95. The quantitative estimate of drug-likeness (QED) is 0.915. The van der Waals surface area contributed by atoms with Crippen molar-refractivity contribution in [2.75, 3.05) is 6.54 Å². The first-order valence-corrected chi connectivity index (χ1v) is 6.53. The molecular weight excluding hydrogens is 254 g/mol. The van der Waals surface area contributed by atoms with E-state index in [0.29, 0.717) is 5.92 Å². The van der Waals surface area contributed by atoms with Gasteiger partial charge in [-0.15, -0.1) is 0 Å². The van der Waals surface area contributed by atoms with Crippen molar-refractivity contribution in [1.82, 2.24) is 9.55 Å². The maximum atomic E-state index is 5.55. The summed E-state index contributed by atoms with van der Waals surface area (Å²) < 4.78 is 3.38. The van der Waals surface area contributed by atoms with Gasteiger partial charge in [0, 0.05) is 12.5 Å². The fraction of sp³-hybridized carbons (Fsp3) is 0.727. The zero-order chi connectivity index (χ0) is 10.7. The minimum absolute atomic E-state index is 0.675. The summed E-state index contributed by atoms with van der Waals surface area (Å²) in [5, 5.41) is 0. The van der Waals surface area contributed by atoms with E-state index in [4.69, 9.17) is 5.73 Å². The summed E-state index contributed by atoms with van der Waals surface area (Å²) in [6.45, 7) is 1.73. The average molecular weight is 272 g/mol. The molecule has 1 fully saturated rings. The standard InChI is InChI=1S/C11H18BrN3/c12-10-8-14-11(9-4-1-2-5-9)15(10)7-3-6-13/h8-9H,1-7,13H2. The van der Waals surface area contributed by atoms with Crippen LogP contribution in [0.1, 0.15) is 43.8 Å². The van der Waals surface area contributed by atoms with Crippen LogP contribution in [-0.4, -0.2) is 16.1 Å². The molecule has 0 amide bonds. The molecule has 0 unspecified atom stereocenters. The molecule has 1 saturated carbocycles. The second-order valence-electron chi connectivity index (χ2n) is 4.21. The van der Waals surface area contributed by atoms with Crippen LogP contribution in [0.25, 0.3) is 0 Å². The number of hydrogen-bond acceptors (Lipinski definition) is 2. The first-order valence-electron chi connectivity index (χ1n) is 5.74. The van der Waals surface area contributed by atoms with E-state index < -0.39 is 0 Å². The number of hydrogen-bond donors (Lipinski definition) is 1.